The maximum atomic E-state index is 12.2. The van der Waals surface area contributed by atoms with Crippen LogP contribution in [0, 0.1) is 13.8 Å². The van der Waals surface area contributed by atoms with E-state index in [1.54, 1.807) is 22.8 Å². The van der Waals surface area contributed by atoms with E-state index in [4.69, 9.17) is 0 Å². The molecule has 0 fully saturated rings. The molecule has 2 rings (SSSR count). The number of esters is 1. The molecule has 2 aromatic heterocycles. The van der Waals surface area contributed by atoms with Crippen molar-refractivity contribution in [2.75, 3.05) is 12.4 Å². The third-order valence-corrected chi connectivity index (χ3v) is 4.43. The van der Waals surface area contributed by atoms with Crippen LogP contribution in [0.4, 0.5) is 5.69 Å². The van der Waals surface area contributed by atoms with Crippen molar-refractivity contribution < 1.29 is 14.3 Å². The van der Waals surface area contributed by atoms with Gasteiger partial charge in [-0.1, -0.05) is 0 Å². The topological polar surface area (TPSA) is 55.4 Å². The Balaban J connectivity index is 2.22. The fourth-order valence-corrected chi connectivity index (χ4v) is 3.39. The number of hydrogen-bond acceptors (Lipinski definition) is 5. The Hall–Kier alpha value is -1.66. The van der Waals surface area contributed by atoms with Crippen molar-refractivity contribution in [2.45, 2.75) is 13.8 Å². The molecule has 0 aliphatic heterocycles. The van der Waals surface area contributed by atoms with E-state index in [-0.39, 0.29) is 5.91 Å². The van der Waals surface area contributed by atoms with Crippen molar-refractivity contribution in [3.63, 3.8) is 0 Å². The number of carbonyl (C=O) groups excluding carboxylic acids is 2. The number of thiophene rings is 2. The zero-order chi connectivity index (χ0) is 14.0. The second kappa shape index (κ2) is 5.54. The monoisotopic (exact) mass is 295 g/mol. The van der Waals surface area contributed by atoms with Gasteiger partial charge in [0.2, 0.25) is 0 Å². The highest BCUT2D eigenvalue weighted by Crippen LogP contribution is 2.26. The number of ether oxygens (including phenoxy) is 1. The van der Waals surface area contributed by atoms with Gasteiger partial charge in [-0.25, -0.2) is 4.79 Å². The minimum Gasteiger partial charge on any atom is -0.465 e. The molecular weight excluding hydrogens is 282 g/mol. The van der Waals surface area contributed by atoms with Crippen LogP contribution >= 0.6 is 22.7 Å². The molecule has 19 heavy (non-hydrogen) atoms. The van der Waals surface area contributed by atoms with Crippen molar-refractivity contribution in [1.29, 1.82) is 0 Å². The Morgan fingerprint density at radius 3 is 2.63 bits per heavy atom. The SMILES string of the molecule is COC(=O)c1sccc1NC(=O)c1cc(C)sc1C. The first-order valence-corrected chi connectivity index (χ1v) is 7.26. The Morgan fingerprint density at radius 1 is 1.32 bits per heavy atom. The van der Waals surface area contributed by atoms with Gasteiger partial charge in [0.15, 0.2) is 0 Å². The maximum Gasteiger partial charge on any atom is 0.350 e. The third kappa shape index (κ3) is 2.85. The van der Waals surface area contributed by atoms with Crippen LogP contribution in [0.15, 0.2) is 17.5 Å². The van der Waals surface area contributed by atoms with Gasteiger partial charge in [-0.05, 0) is 31.4 Å². The average Bonchev–Trinajstić information content (AvgIpc) is 2.95. The molecule has 2 heterocycles. The summed E-state index contributed by atoms with van der Waals surface area (Å²) in [6.45, 7) is 3.86. The van der Waals surface area contributed by atoms with E-state index < -0.39 is 5.97 Å². The van der Waals surface area contributed by atoms with Crippen molar-refractivity contribution in [1.82, 2.24) is 0 Å². The van der Waals surface area contributed by atoms with Gasteiger partial charge in [-0.3, -0.25) is 4.79 Å². The van der Waals surface area contributed by atoms with Crippen molar-refractivity contribution in [2.24, 2.45) is 0 Å². The largest absolute Gasteiger partial charge is 0.465 e. The lowest BCUT2D eigenvalue weighted by Crippen LogP contribution is -2.14. The van der Waals surface area contributed by atoms with Crippen LogP contribution in [0.5, 0.6) is 0 Å². The molecule has 0 aromatic carbocycles. The van der Waals surface area contributed by atoms with E-state index in [0.29, 0.717) is 16.1 Å². The number of rotatable bonds is 3. The Bertz CT molecular complexity index is 628. The summed E-state index contributed by atoms with van der Waals surface area (Å²) < 4.78 is 4.67. The second-order valence-corrected chi connectivity index (χ2v) is 6.31. The minimum absolute atomic E-state index is 0.203. The molecule has 0 radical (unpaired) electrons. The number of aryl methyl sites for hydroxylation is 2. The first kappa shape index (κ1) is 13.8. The van der Waals surface area contributed by atoms with E-state index in [1.165, 1.54) is 18.4 Å². The highest BCUT2D eigenvalue weighted by atomic mass is 32.1. The van der Waals surface area contributed by atoms with Crippen LogP contribution in [0.25, 0.3) is 0 Å². The molecule has 4 nitrogen and oxygen atoms in total. The molecule has 2 aromatic rings. The standard InChI is InChI=1S/C13H13NO3S2/c1-7-6-9(8(2)19-7)12(15)14-10-4-5-18-11(10)13(16)17-3/h4-6H,1-3H3,(H,14,15). The van der Waals surface area contributed by atoms with E-state index in [9.17, 15) is 9.59 Å². The Kier molecular flexibility index (Phi) is 4.01. The summed E-state index contributed by atoms with van der Waals surface area (Å²) in [5, 5.41) is 4.50. The molecule has 0 aliphatic rings. The number of methoxy groups -OCH3 is 1. The molecule has 0 spiro atoms. The van der Waals surface area contributed by atoms with Gasteiger partial charge in [-0.15, -0.1) is 22.7 Å². The summed E-state index contributed by atoms with van der Waals surface area (Å²) in [5.74, 6) is -0.645. The Morgan fingerprint density at radius 2 is 2.05 bits per heavy atom. The first-order chi connectivity index (χ1) is 9.02. The number of amides is 1. The van der Waals surface area contributed by atoms with E-state index in [0.717, 1.165) is 9.75 Å². The molecule has 0 atom stereocenters. The predicted octanol–water partition coefficient (Wildman–Crippen LogP) is 3.47. The molecule has 1 amide bonds. The predicted molar refractivity (Wildman–Crippen MR) is 77.4 cm³/mol. The van der Waals surface area contributed by atoms with Gasteiger partial charge in [0.25, 0.3) is 5.91 Å². The molecular formula is C13H13NO3S2. The summed E-state index contributed by atoms with van der Waals surface area (Å²) in [6, 6.07) is 3.54. The summed E-state index contributed by atoms with van der Waals surface area (Å²) in [7, 11) is 1.32. The smallest absolute Gasteiger partial charge is 0.350 e. The molecule has 6 heteroatoms. The van der Waals surface area contributed by atoms with Gasteiger partial charge < -0.3 is 10.1 Å². The lowest BCUT2D eigenvalue weighted by atomic mass is 10.2. The fraction of sp³-hybridized carbons (Fsp3) is 0.231. The summed E-state index contributed by atoms with van der Waals surface area (Å²) in [5.41, 5.74) is 1.13. The number of anilines is 1. The number of hydrogen-bond donors (Lipinski definition) is 1. The van der Waals surface area contributed by atoms with Crippen LogP contribution in [0.2, 0.25) is 0 Å². The normalized spacial score (nSPS) is 10.3. The lowest BCUT2D eigenvalue weighted by molar-refractivity contribution is 0.0607. The van der Waals surface area contributed by atoms with Gasteiger partial charge in [0.1, 0.15) is 4.88 Å². The summed E-state index contributed by atoms with van der Waals surface area (Å²) >= 11 is 2.82. The van der Waals surface area contributed by atoms with Crippen LogP contribution < -0.4 is 5.32 Å². The molecule has 0 aliphatic carbocycles. The van der Waals surface area contributed by atoms with Gasteiger partial charge in [0, 0.05) is 9.75 Å². The fourth-order valence-electron chi connectivity index (χ4n) is 1.70. The quantitative estimate of drug-likeness (QED) is 0.882. The van der Waals surface area contributed by atoms with Crippen LogP contribution in [0.1, 0.15) is 29.8 Å². The maximum absolute atomic E-state index is 12.2. The lowest BCUT2D eigenvalue weighted by Gasteiger charge is -2.05. The first-order valence-electron chi connectivity index (χ1n) is 5.57. The van der Waals surface area contributed by atoms with Crippen LogP contribution in [-0.2, 0) is 4.74 Å². The molecule has 100 valence electrons. The van der Waals surface area contributed by atoms with Crippen LogP contribution in [-0.4, -0.2) is 19.0 Å². The van der Waals surface area contributed by atoms with Crippen molar-refractivity contribution in [3.05, 3.63) is 37.7 Å². The van der Waals surface area contributed by atoms with E-state index in [1.807, 2.05) is 19.9 Å². The van der Waals surface area contributed by atoms with E-state index in [2.05, 4.69) is 10.1 Å². The highest BCUT2D eigenvalue weighted by Gasteiger charge is 2.18. The van der Waals surface area contributed by atoms with Gasteiger partial charge in [0.05, 0.1) is 18.4 Å². The zero-order valence-corrected chi connectivity index (χ0v) is 12.4. The molecule has 0 bridgehead atoms. The number of carbonyl (C=O) groups is 2. The molecule has 0 saturated carbocycles. The molecule has 0 saturated heterocycles. The summed E-state index contributed by atoms with van der Waals surface area (Å²) in [4.78, 5) is 26.1. The highest BCUT2D eigenvalue weighted by molar-refractivity contribution is 7.12. The Labute approximate surface area is 119 Å². The third-order valence-electron chi connectivity index (χ3n) is 2.57. The van der Waals surface area contributed by atoms with Crippen molar-refractivity contribution in [3.8, 4) is 0 Å². The van der Waals surface area contributed by atoms with Gasteiger partial charge in [-0.2, -0.15) is 0 Å². The van der Waals surface area contributed by atoms with Crippen LogP contribution in [0.3, 0.4) is 0 Å². The van der Waals surface area contributed by atoms with Crippen molar-refractivity contribution >= 4 is 40.2 Å². The molecule has 1 N–H and O–H groups in total. The minimum atomic E-state index is -0.441. The van der Waals surface area contributed by atoms with Gasteiger partial charge >= 0.3 is 5.97 Å². The summed E-state index contributed by atoms with van der Waals surface area (Å²) in [6.07, 6.45) is 0. The average molecular weight is 295 g/mol. The molecule has 0 unspecified atom stereocenters. The van der Waals surface area contributed by atoms with E-state index >= 15 is 0 Å². The zero-order valence-electron chi connectivity index (χ0n) is 10.8. The number of nitrogens with one attached hydrogen (secondary N) is 1. The second-order valence-electron chi connectivity index (χ2n) is 3.94.